The van der Waals surface area contributed by atoms with Crippen LogP contribution < -0.4 is 11.3 Å². The molecule has 0 saturated carbocycles. The summed E-state index contributed by atoms with van der Waals surface area (Å²) >= 11 is 0. The van der Waals surface area contributed by atoms with E-state index < -0.39 is 0 Å². The van der Waals surface area contributed by atoms with Gasteiger partial charge in [0.25, 0.3) is 5.56 Å². The van der Waals surface area contributed by atoms with Crippen molar-refractivity contribution in [3.8, 4) is 11.3 Å². The van der Waals surface area contributed by atoms with Crippen molar-refractivity contribution in [3.05, 3.63) is 52.3 Å². The molecule has 0 amide bonds. The molecule has 0 spiro atoms. The standard InChI is InChI=1S/C17H22N2O/c1-3-5-12-19-16(11-10-15(18)17(19)20)14-8-6-13(4-2)7-9-14/h6-11H,3-5,12,18H2,1-2H3. The van der Waals surface area contributed by atoms with Crippen LogP contribution in [-0.4, -0.2) is 4.57 Å². The second-order valence-electron chi connectivity index (χ2n) is 5.03. The molecule has 0 unspecified atom stereocenters. The Balaban J connectivity index is 2.48. The minimum absolute atomic E-state index is 0.0875. The van der Waals surface area contributed by atoms with Gasteiger partial charge < -0.3 is 10.3 Å². The third-order valence-corrected chi connectivity index (χ3v) is 3.60. The maximum absolute atomic E-state index is 12.2. The van der Waals surface area contributed by atoms with Crippen LogP contribution in [0.4, 0.5) is 5.69 Å². The van der Waals surface area contributed by atoms with Gasteiger partial charge in [0.05, 0.1) is 11.4 Å². The summed E-state index contributed by atoms with van der Waals surface area (Å²) in [7, 11) is 0. The van der Waals surface area contributed by atoms with Crippen LogP contribution in [0.25, 0.3) is 11.3 Å². The molecule has 2 N–H and O–H groups in total. The van der Waals surface area contributed by atoms with E-state index in [0.717, 1.165) is 30.5 Å². The maximum Gasteiger partial charge on any atom is 0.274 e. The number of aryl methyl sites for hydroxylation is 1. The average Bonchev–Trinajstić information content (AvgIpc) is 2.49. The Kier molecular flexibility index (Phi) is 4.61. The smallest absolute Gasteiger partial charge is 0.274 e. The van der Waals surface area contributed by atoms with Crippen molar-refractivity contribution in [3.63, 3.8) is 0 Å². The van der Waals surface area contributed by atoms with Gasteiger partial charge in [0, 0.05) is 6.54 Å². The first kappa shape index (κ1) is 14.4. The fourth-order valence-electron chi connectivity index (χ4n) is 2.30. The molecule has 0 radical (unpaired) electrons. The Morgan fingerprint density at radius 2 is 1.75 bits per heavy atom. The van der Waals surface area contributed by atoms with Crippen molar-refractivity contribution >= 4 is 5.69 Å². The lowest BCUT2D eigenvalue weighted by molar-refractivity contribution is 0.620. The number of hydrogen-bond donors (Lipinski definition) is 1. The van der Waals surface area contributed by atoms with Gasteiger partial charge in [0.1, 0.15) is 0 Å². The van der Waals surface area contributed by atoms with E-state index in [1.807, 2.05) is 6.07 Å². The second kappa shape index (κ2) is 6.42. The van der Waals surface area contributed by atoms with Crippen molar-refractivity contribution in [2.45, 2.75) is 39.7 Å². The van der Waals surface area contributed by atoms with E-state index in [1.165, 1.54) is 5.56 Å². The van der Waals surface area contributed by atoms with E-state index in [-0.39, 0.29) is 5.56 Å². The number of hydrogen-bond acceptors (Lipinski definition) is 2. The van der Waals surface area contributed by atoms with Gasteiger partial charge in [-0.3, -0.25) is 4.79 Å². The van der Waals surface area contributed by atoms with Gasteiger partial charge in [-0.25, -0.2) is 0 Å². The van der Waals surface area contributed by atoms with Gasteiger partial charge in [0.15, 0.2) is 0 Å². The van der Waals surface area contributed by atoms with E-state index in [2.05, 4.69) is 38.1 Å². The summed E-state index contributed by atoms with van der Waals surface area (Å²) in [5.74, 6) is 0. The van der Waals surface area contributed by atoms with Gasteiger partial charge in [0.2, 0.25) is 0 Å². The van der Waals surface area contributed by atoms with E-state index in [1.54, 1.807) is 10.6 Å². The minimum Gasteiger partial charge on any atom is -0.394 e. The summed E-state index contributed by atoms with van der Waals surface area (Å²) in [5.41, 5.74) is 9.29. The molecule has 1 heterocycles. The largest absolute Gasteiger partial charge is 0.394 e. The fraction of sp³-hybridized carbons (Fsp3) is 0.353. The zero-order valence-electron chi connectivity index (χ0n) is 12.2. The van der Waals surface area contributed by atoms with Gasteiger partial charge in [-0.2, -0.15) is 0 Å². The Hall–Kier alpha value is -2.03. The molecule has 0 saturated heterocycles. The molecule has 2 aromatic rings. The van der Waals surface area contributed by atoms with Crippen molar-refractivity contribution < 1.29 is 0 Å². The highest BCUT2D eigenvalue weighted by Gasteiger charge is 2.08. The quantitative estimate of drug-likeness (QED) is 0.904. The highest BCUT2D eigenvalue weighted by molar-refractivity contribution is 5.61. The zero-order valence-corrected chi connectivity index (χ0v) is 12.2. The van der Waals surface area contributed by atoms with Crippen LogP contribution in [0.5, 0.6) is 0 Å². The third kappa shape index (κ3) is 2.93. The van der Waals surface area contributed by atoms with Crippen LogP contribution in [0.2, 0.25) is 0 Å². The lowest BCUT2D eigenvalue weighted by atomic mass is 10.1. The number of unbranched alkanes of at least 4 members (excludes halogenated alkanes) is 1. The maximum atomic E-state index is 12.2. The van der Waals surface area contributed by atoms with Crippen molar-refractivity contribution in [2.24, 2.45) is 0 Å². The van der Waals surface area contributed by atoms with E-state index >= 15 is 0 Å². The van der Waals surface area contributed by atoms with Crippen molar-refractivity contribution in [2.75, 3.05) is 5.73 Å². The molecule has 0 aliphatic carbocycles. The Labute approximate surface area is 120 Å². The number of aromatic nitrogens is 1. The Morgan fingerprint density at radius 3 is 2.35 bits per heavy atom. The lowest BCUT2D eigenvalue weighted by Crippen LogP contribution is -2.24. The molecule has 20 heavy (non-hydrogen) atoms. The number of nitrogen functional groups attached to an aromatic ring is 1. The predicted molar refractivity (Wildman–Crippen MR) is 84.8 cm³/mol. The molecule has 106 valence electrons. The summed E-state index contributed by atoms with van der Waals surface area (Å²) in [6.07, 6.45) is 3.05. The van der Waals surface area contributed by atoms with Crippen LogP contribution >= 0.6 is 0 Å². The van der Waals surface area contributed by atoms with Crippen LogP contribution in [-0.2, 0) is 13.0 Å². The van der Waals surface area contributed by atoms with Crippen LogP contribution in [0, 0.1) is 0 Å². The van der Waals surface area contributed by atoms with Gasteiger partial charge in [-0.05, 0) is 36.1 Å². The molecule has 0 aliphatic heterocycles. The number of nitrogens with two attached hydrogens (primary N) is 1. The number of rotatable bonds is 5. The molecule has 0 fully saturated rings. The van der Waals surface area contributed by atoms with Gasteiger partial charge in [-0.15, -0.1) is 0 Å². The summed E-state index contributed by atoms with van der Waals surface area (Å²) in [5, 5.41) is 0. The topological polar surface area (TPSA) is 48.0 Å². The highest BCUT2D eigenvalue weighted by atomic mass is 16.1. The van der Waals surface area contributed by atoms with E-state index in [0.29, 0.717) is 12.2 Å². The lowest BCUT2D eigenvalue weighted by Gasteiger charge is -2.14. The zero-order chi connectivity index (χ0) is 14.5. The molecule has 0 bridgehead atoms. The molecular formula is C17H22N2O. The number of nitrogens with zero attached hydrogens (tertiary/aromatic N) is 1. The predicted octanol–water partition coefficient (Wildman–Crippen LogP) is 3.46. The van der Waals surface area contributed by atoms with Gasteiger partial charge >= 0.3 is 0 Å². The number of anilines is 1. The van der Waals surface area contributed by atoms with Crippen LogP contribution in [0.1, 0.15) is 32.3 Å². The first-order chi connectivity index (χ1) is 9.67. The SMILES string of the molecule is CCCCn1c(-c2ccc(CC)cc2)ccc(N)c1=O. The third-order valence-electron chi connectivity index (χ3n) is 3.60. The first-order valence-electron chi connectivity index (χ1n) is 7.26. The number of pyridine rings is 1. The number of benzene rings is 1. The Morgan fingerprint density at radius 1 is 1.05 bits per heavy atom. The summed E-state index contributed by atoms with van der Waals surface area (Å²) in [6, 6.07) is 12.0. The monoisotopic (exact) mass is 270 g/mol. The second-order valence-corrected chi connectivity index (χ2v) is 5.03. The molecule has 3 nitrogen and oxygen atoms in total. The molecular weight excluding hydrogens is 248 g/mol. The molecule has 3 heteroatoms. The van der Waals surface area contributed by atoms with Gasteiger partial charge in [-0.1, -0.05) is 44.5 Å². The molecule has 1 aromatic heterocycles. The Bertz CT molecular complexity index is 626. The minimum atomic E-state index is -0.0875. The summed E-state index contributed by atoms with van der Waals surface area (Å²) in [4.78, 5) is 12.2. The van der Waals surface area contributed by atoms with Crippen molar-refractivity contribution in [1.82, 2.24) is 4.57 Å². The summed E-state index contributed by atoms with van der Waals surface area (Å²) < 4.78 is 1.79. The van der Waals surface area contributed by atoms with E-state index in [4.69, 9.17) is 5.73 Å². The molecule has 0 atom stereocenters. The fourth-order valence-corrected chi connectivity index (χ4v) is 2.30. The first-order valence-corrected chi connectivity index (χ1v) is 7.26. The van der Waals surface area contributed by atoms with Crippen LogP contribution in [0.3, 0.4) is 0 Å². The molecule has 2 rings (SSSR count). The van der Waals surface area contributed by atoms with Crippen molar-refractivity contribution in [1.29, 1.82) is 0 Å². The van der Waals surface area contributed by atoms with Crippen LogP contribution in [0.15, 0.2) is 41.2 Å². The molecule has 0 aliphatic rings. The average molecular weight is 270 g/mol. The molecule has 1 aromatic carbocycles. The van der Waals surface area contributed by atoms with E-state index in [9.17, 15) is 4.79 Å². The normalized spacial score (nSPS) is 10.7. The highest BCUT2D eigenvalue weighted by Crippen LogP contribution is 2.20. The summed E-state index contributed by atoms with van der Waals surface area (Å²) in [6.45, 7) is 4.97.